The number of thiophene rings is 1. The molecule has 0 saturated carbocycles. The number of benzene rings is 1. The largest absolute Gasteiger partial charge is 0.310 e. The summed E-state index contributed by atoms with van der Waals surface area (Å²) in [5.41, 5.74) is 3.01. The van der Waals surface area contributed by atoms with Crippen molar-refractivity contribution in [1.29, 1.82) is 0 Å². The van der Waals surface area contributed by atoms with Crippen molar-refractivity contribution < 1.29 is 0 Å². The molecule has 1 N–H and O–H groups in total. The summed E-state index contributed by atoms with van der Waals surface area (Å²) in [6, 6.07) is 13.7. The molecule has 2 aromatic rings. The second-order valence-electron chi connectivity index (χ2n) is 5.29. The van der Waals surface area contributed by atoms with Gasteiger partial charge in [-0.05, 0) is 61.2 Å². The number of fused-ring (bicyclic) bond motifs is 1. The Bertz CT molecular complexity index is 503. The fourth-order valence-electron chi connectivity index (χ4n) is 2.91. The molecule has 2 heteroatoms. The molecule has 0 spiro atoms. The van der Waals surface area contributed by atoms with Gasteiger partial charge < -0.3 is 5.32 Å². The molecule has 0 bridgehead atoms. The monoisotopic (exact) mass is 271 g/mol. The van der Waals surface area contributed by atoms with Gasteiger partial charge in [0.1, 0.15) is 0 Å². The second kappa shape index (κ2) is 6.36. The minimum atomic E-state index is 0.603. The van der Waals surface area contributed by atoms with E-state index >= 15 is 0 Å². The molecule has 0 aliphatic heterocycles. The standard InChI is InChI=1S/C17H21NS/c1-2-6-14(7-3-1)8-5-12-18-16-9-4-10-17-15(16)11-13-19-17/h1-3,6-7,11,13,16,18H,4-5,8-10,12H2. The van der Waals surface area contributed by atoms with Crippen molar-refractivity contribution in [2.45, 2.75) is 38.1 Å². The molecule has 1 aromatic heterocycles. The van der Waals surface area contributed by atoms with E-state index in [1.165, 1.54) is 37.7 Å². The Hall–Kier alpha value is -1.12. The van der Waals surface area contributed by atoms with Gasteiger partial charge in [-0.2, -0.15) is 0 Å². The summed E-state index contributed by atoms with van der Waals surface area (Å²) in [6.07, 6.45) is 6.32. The van der Waals surface area contributed by atoms with Crippen molar-refractivity contribution in [1.82, 2.24) is 5.32 Å². The molecule has 0 radical (unpaired) electrons. The van der Waals surface area contributed by atoms with Gasteiger partial charge in [-0.25, -0.2) is 0 Å². The molecule has 1 nitrogen and oxygen atoms in total. The van der Waals surface area contributed by atoms with Gasteiger partial charge >= 0.3 is 0 Å². The average molecular weight is 271 g/mol. The lowest BCUT2D eigenvalue weighted by atomic mass is 9.94. The molecular formula is C17H21NS. The molecule has 100 valence electrons. The van der Waals surface area contributed by atoms with E-state index in [-0.39, 0.29) is 0 Å². The van der Waals surface area contributed by atoms with E-state index in [9.17, 15) is 0 Å². The number of hydrogen-bond acceptors (Lipinski definition) is 2. The third-order valence-electron chi connectivity index (χ3n) is 3.93. The van der Waals surface area contributed by atoms with Gasteiger partial charge in [0.05, 0.1) is 0 Å². The molecule has 1 aromatic carbocycles. The van der Waals surface area contributed by atoms with E-state index in [1.807, 2.05) is 11.3 Å². The highest BCUT2D eigenvalue weighted by molar-refractivity contribution is 7.10. The Labute approximate surface area is 119 Å². The van der Waals surface area contributed by atoms with Crippen molar-refractivity contribution in [3.8, 4) is 0 Å². The van der Waals surface area contributed by atoms with Crippen LogP contribution in [0.15, 0.2) is 41.8 Å². The number of nitrogens with one attached hydrogen (secondary N) is 1. The van der Waals surface area contributed by atoms with E-state index in [2.05, 4.69) is 47.1 Å². The van der Waals surface area contributed by atoms with Crippen LogP contribution >= 0.6 is 11.3 Å². The van der Waals surface area contributed by atoms with Gasteiger partial charge in [-0.1, -0.05) is 30.3 Å². The van der Waals surface area contributed by atoms with Gasteiger partial charge in [0, 0.05) is 10.9 Å². The number of rotatable bonds is 5. The van der Waals surface area contributed by atoms with Crippen LogP contribution in [-0.2, 0) is 12.8 Å². The molecule has 3 rings (SSSR count). The van der Waals surface area contributed by atoms with Crippen molar-refractivity contribution in [3.63, 3.8) is 0 Å². The summed E-state index contributed by atoms with van der Waals surface area (Å²) in [6.45, 7) is 1.12. The maximum absolute atomic E-state index is 3.74. The lowest BCUT2D eigenvalue weighted by Crippen LogP contribution is -2.25. The van der Waals surface area contributed by atoms with E-state index < -0.39 is 0 Å². The SMILES string of the molecule is c1ccc(CCCNC2CCCc3sccc32)cc1. The topological polar surface area (TPSA) is 12.0 Å². The Kier molecular flexibility index (Phi) is 4.31. The van der Waals surface area contributed by atoms with Crippen molar-refractivity contribution in [2.24, 2.45) is 0 Å². The minimum Gasteiger partial charge on any atom is -0.310 e. The molecule has 1 aliphatic carbocycles. The first-order valence-corrected chi connectivity index (χ1v) is 8.15. The summed E-state index contributed by atoms with van der Waals surface area (Å²) >= 11 is 1.93. The van der Waals surface area contributed by atoms with Crippen LogP contribution in [0.1, 0.15) is 41.3 Å². The van der Waals surface area contributed by atoms with E-state index in [4.69, 9.17) is 0 Å². The van der Waals surface area contributed by atoms with Crippen LogP contribution < -0.4 is 5.32 Å². The van der Waals surface area contributed by atoms with Gasteiger partial charge in [0.25, 0.3) is 0 Å². The van der Waals surface area contributed by atoms with Crippen LogP contribution in [0.5, 0.6) is 0 Å². The first-order chi connectivity index (χ1) is 9.43. The average Bonchev–Trinajstić information content (AvgIpc) is 2.94. The third kappa shape index (κ3) is 3.26. The lowest BCUT2D eigenvalue weighted by molar-refractivity contribution is 0.459. The van der Waals surface area contributed by atoms with Crippen LogP contribution in [0.25, 0.3) is 0 Å². The maximum atomic E-state index is 3.74. The molecule has 19 heavy (non-hydrogen) atoms. The molecule has 1 aliphatic rings. The van der Waals surface area contributed by atoms with Crippen LogP contribution in [0, 0.1) is 0 Å². The summed E-state index contributed by atoms with van der Waals surface area (Å²) in [5.74, 6) is 0. The Morgan fingerprint density at radius 1 is 1.16 bits per heavy atom. The quantitative estimate of drug-likeness (QED) is 0.797. The van der Waals surface area contributed by atoms with Crippen molar-refractivity contribution in [3.05, 3.63) is 57.8 Å². The zero-order valence-electron chi connectivity index (χ0n) is 11.3. The van der Waals surface area contributed by atoms with Crippen molar-refractivity contribution in [2.75, 3.05) is 6.54 Å². The predicted molar refractivity (Wildman–Crippen MR) is 82.8 cm³/mol. The van der Waals surface area contributed by atoms with Gasteiger partial charge in [-0.15, -0.1) is 11.3 Å². The zero-order chi connectivity index (χ0) is 12.9. The highest BCUT2D eigenvalue weighted by atomic mass is 32.1. The molecular weight excluding hydrogens is 250 g/mol. The second-order valence-corrected chi connectivity index (χ2v) is 6.29. The Morgan fingerprint density at radius 3 is 2.95 bits per heavy atom. The normalized spacial score (nSPS) is 18.2. The molecule has 0 fully saturated rings. The van der Waals surface area contributed by atoms with Crippen LogP contribution in [0.4, 0.5) is 0 Å². The predicted octanol–water partition coefficient (Wildman–Crippen LogP) is 4.35. The van der Waals surface area contributed by atoms with E-state index in [0.29, 0.717) is 6.04 Å². The van der Waals surface area contributed by atoms with Crippen LogP contribution in [-0.4, -0.2) is 6.54 Å². The smallest absolute Gasteiger partial charge is 0.0331 e. The van der Waals surface area contributed by atoms with Gasteiger partial charge in [0.2, 0.25) is 0 Å². The molecule has 0 amide bonds. The fourth-order valence-corrected chi connectivity index (χ4v) is 3.90. The Morgan fingerprint density at radius 2 is 2.05 bits per heavy atom. The fraction of sp³-hybridized carbons (Fsp3) is 0.412. The molecule has 1 atom stereocenters. The maximum Gasteiger partial charge on any atom is 0.0331 e. The third-order valence-corrected chi connectivity index (χ3v) is 4.92. The van der Waals surface area contributed by atoms with Gasteiger partial charge in [-0.3, -0.25) is 0 Å². The summed E-state index contributed by atoms with van der Waals surface area (Å²) in [4.78, 5) is 1.60. The van der Waals surface area contributed by atoms with Gasteiger partial charge in [0.15, 0.2) is 0 Å². The summed E-state index contributed by atoms with van der Waals surface area (Å²) in [7, 11) is 0. The minimum absolute atomic E-state index is 0.603. The highest BCUT2D eigenvalue weighted by Gasteiger charge is 2.20. The van der Waals surface area contributed by atoms with Crippen molar-refractivity contribution >= 4 is 11.3 Å². The highest BCUT2D eigenvalue weighted by Crippen LogP contribution is 2.33. The Balaban J connectivity index is 1.46. The summed E-state index contributed by atoms with van der Waals surface area (Å²) in [5, 5.41) is 5.99. The van der Waals surface area contributed by atoms with E-state index in [1.54, 1.807) is 10.4 Å². The molecule has 1 unspecified atom stereocenters. The van der Waals surface area contributed by atoms with Crippen LogP contribution in [0.2, 0.25) is 0 Å². The summed E-state index contributed by atoms with van der Waals surface area (Å²) < 4.78 is 0. The molecule has 0 saturated heterocycles. The lowest BCUT2D eigenvalue weighted by Gasteiger charge is -2.23. The number of hydrogen-bond donors (Lipinski definition) is 1. The van der Waals surface area contributed by atoms with E-state index in [0.717, 1.165) is 6.54 Å². The first kappa shape index (κ1) is 12.9. The van der Waals surface area contributed by atoms with Crippen LogP contribution in [0.3, 0.4) is 0 Å². The number of aryl methyl sites for hydroxylation is 2. The zero-order valence-corrected chi connectivity index (χ0v) is 12.1. The first-order valence-electron chi connectivity index (χ1n) is 7.27. The molecule has 1 heterocycles.